The highest BCUT2D eigenvalue weighted by Crippen LogP contribution is 2.42. The van der Waals surface area contributed by atoms with Crippen LogP contribution < -0.4 is 0 Å². The number of rotatable bonds is 9. The zero-order valence-corrected chi connectivity index (χ0v) is 17.9. The van der Waals surface area contributed by atoms with Crippen molar-refractivity contribution in [1.82, 2.24) is 0 Å². The standard InChI is InChI=1S/C24H24S3/c1-20(21-13-5-2-6-14-21)12-11-19-25-24(26-22-15-7-3-8-16-22)27-23-17-9-4-10-18-23/h2-18,20,24H,19H2,1H3/b12-11+. The third-order valence-electron chi connectivity index (χ3n) is 4.03. The Morgan fingerprint density at radius 2 is 1.19 bits per heavy atom. The molecule has 3 aromatic carbocycles. The van der Waals surface area contributed by atoms with Crippen LogP contribution in [0.2, 0.25) is 0 Å². The molecule has 0 spiro atoms. The summed E-state index contributed by atoms with van der Waals surface area (Å²) in [5.74, 6) is 1.47. The Bertz CT molecular complexity index is 759. The van der Waals surface area contributed by atoms with E-state index in [0.717, 1.165) is 5.75 Å². The van der Waals surface area contributed by atoms with Crippen LogP contribution in [-0.2, 0) is 0 Å². The highest BCUT2D eigenvalue weighted by molar-refractivity contribution is 8.32. The molecular formula is C24H24S3. The van der Waals surface area contributed by atoms with Gasteiger partial charge >= 0.3 is 0 Å². The highest BCUT2D eigenvalue weighted by atomic mass is 32.3. The van der Waals surface area contributed by atoms with Gasteiger partial charge in [-0.25, -0.2) is 0 Å². The summed E-state index contributed by atoms with van der Waals surface area (Å²) >= 11 is 5.85. The lowest BCUT2D eigenvalue weighted by Crippen LogP contribution is -1.93. The Kier molecular flexibility index (Phi) is 8.47. The largest absolute Gasteiger partial charge is 0.132 e. The van der Waals surface area contributed by atoms with E-state index >= 15 is 0 Å². The monoisotopic (exact) mass is 408 g/mol. The summed E-state index contributed by atoms with van der Waals surface area (Å²) in [7, 11) is 0. The summed E-state index contributed by atoms with van der Waals surface area (Å²) in [5, 5.41) is 0. The molecule has 138 valence electrons. The second kappa shape index (κ2) is 11.3. The number of allylic oxidation sites excluding steroid dienone is 1. The summed E-state index contributed by atoms with van der Waals surface area (Å²) in [6.45, 7) is 2.26. The van der Waals surface area contributed by atoms with Gasteiger partial charge < -0.3 is 0 Å². The van der Waals surface area contributed by atoms with Crippen molar-refractivity contribution >= 4 is 35.3 Å². The van der Waals surface area contributed by atoms with Gasteiger partial charge in [-0.2, -0.15) is 0 Å². The van der Waals surface area contributed by atoms with Crippen LogP contribution in [0.3, 0.4) is 0 Å². The first-order valence-corrected chi connectivity index (χ1v) is 11.9. The number of thioether (sulfide) groups is 3. The molecule has 0 aromatic heterocycles. The van der Waals surface area contributed by atoms with E-state index in [1.54, 1.807) is 0 Å². The molecule has 1 unspecified atom stereocenters. The van der Waals surface area contributed by atoms with Crippen LogP contribution in [0.1, 0.15) is 18.4 Å². The van der Waals surface area contributed by atoms with E-state index in [0.29, 0.717) is 9.83 Å². The molecule has 0 heterocycles. The predicted octanol–water partition coefficient (Wildman–Crippen LogP) is 7.95. The predicted molar refractivity (Wildman–Crippen MR) is 125 cm³/mol. The molecule has 0 fully saturated rings. The smallest absolute Gasteiger partial charge is 0.105 e. The van der Waals surface area contributed by atoms with Crippen LogP contribution in [0.4, 0.5) is 0 Å². The van der Waals surface area contributed by atoms with Crippen molar-refractivity contribution in [1.29, 1.82) is 0 Å². The Hall–Kier alpha value is -1.55. The molecule has 0 aliphatic carbocycles. The Morgan fingerprint density at radius 1 is 0.704 bits per heavy atom. The molecule has 0 saturated carbocycles. The SMILES string of the molecule is CC(/C=C/CSC(Sc1ccccc1)Sc1ccccc1)c1ccccc1. The molecule has 3 rings (SSSR count). The van der Waals surface area contributed by atoms with Crippen molar-refractivity contribution in [3.8, 4) is 0 Å². The van der Waals surface area contributed by atoms with Crippen molar-refractivity contribution < 1.29 is 0 Å². The van der Waals surface area contributed by atoms with Gasteiger partial charge in [-0.3, -0.25) is 0 Å². The summed E-state index contributed by atoms with van der Waals surface area (Å²) in [6.07, 6.45) is 4.63. The third-order valence-corrected chi connectivity index (χ3v) is 8.13. The summed E-state index contributed by atoms with van der Waals surface area (Å²) in [4.78, 5) is 2.64. The van der Waals surface area contributed by atoms with Gasteiger partial charge in [0.15, 0.2) is 0 Å². The first-order chi connectivity index (χ1) is 13.3. The molecule has 0 aliphatic rings. The molecule has 0 radical (unpaired) electrons. The second-order valence-electron chi connectivity index (χ2n) is 6.11. The molecule has 0 N–H and O–H groups in total. The fraction of sp³-hybridized carbons (Fsp3) is 0.167. The van der Waals surface area contributed by atoms with Crippen molar-refractivity contribution in [2.24, 2.45) is 0 Å². The molecule has 27 heavy (non-hydrogen) atoms. The zero-order chi connectivity index (χ0) is 18.7. The maximum Gasteiger partial charge on any atom is 0.105 e. The van der Waals surface area contributed by atoms with Gasteiger partial charge in [-0.1, -0.05) is 85.8 Å². The van der Waals surface area contributed by atoms with Gasteiger partial charge in [-0.15, -0.1) is 35.3 Å². The van der Waals surface area contributed by atoms with E-state index in [1.165, 1.54) is 15.4 Å². The molecule has 0 nitrogen and oxygen atoms in total. The van der Waals surface area contributed by atoms with Crippen molar-refractivity contribution in [2.75, 3.05) is 5.75 Å². The van der Waals surface area contributed by atoms with Crippen molar-refractivity contribution in [2.45, 2.75) is 26.5 Å². The van der Waals surface area contributed by atoms with Crippen molar-refractivity contribution in [3.05, 3.63) is 109 Å². The maximum atomic E-state index is 2.32. The maximum absolute atomic E-state index is 2.32. The van der Waals surface area contributed by atoms with Gasteiger partial charge in [0.2, 0.25) is 0 Å². The van der Waals surface area contributed by atoms with E-state index in [2.05, 4.69) is 110 Å². The van der Waals surface area contributed by atoms with Crippen LogP contribution in [0.25, 0.3) is 0 Å². The van der Waals surface area contributed by atoms with Gasteiger partial charge in [0, 0.05) is 15.5 Å². The Morgan fingerprint density at radius 3 is 1.70 bits per heavy atom. The second-order valence-corrected chi connectivity index (χ2v) is 10.5. The van der Waals surface area contributed by atoms with Crippen molar-refractivity contribution in [3.63, 3.8) is 0 Å². The van der Waals surface area contributed by atoms with Gasteiger partial charge in [-0.05, 0) is 35.7 Å². The number of hydrogen-bond donors (Lipinski definition) is 0. The van der Waals surface area contributed by atoms with E-state index in [-0.39, 0.29) is 0 Å². The van der Waals surface area contributed by atoms with Gasteiger partial charge in [0.05, 0.1) is 0 Å². The fourth-order valence-electron chi connectivity index (χ4n) is 2.57. The number of benzene rings is 3. The van der Waals surface area contributed by atoms with Crippen LogP contribution in [0.15, 0.2) is 113 Å². The normalized spacial score (nSPS) is 12.5. The van der Waals surface area contributed by atoms with Crippen LogP contribution in [0.5, 0.6) is 0 Å². The minimum absolute atomic E-state index is 0.423. The first kappa shape index (κ1) is 20.2. The molecule has 3 heteroatoms. The third kappa shape index (κ3) is 7.17. The minimum Gasteiger partial charge on any atom is -0.132 e. The average molecular weight is 409 g/mol. The van der Waals surface area contributed by atoms with E-state index in [1.807, 2.05) is 35.3 Å². The van der Waals surface area contributed by atoms with E-state index in [4.69, 9.17) is 0 Å². The lowest BCUT2D eigenvalue weighted by Gasteiger charge is -2.15. The minimum atomic E-state index is 0.423. The quantitative estimate of drug-likeness (QED) is 0.200. The van der Waals surface area contributed by atoms with Gasteiger partial charge in [0.25, 0.3) is 0 Å². The molecular weight excluding hydrogens is 384 g/mol. The molecule has 3 aromatic rings. The lowest BCUT2D eigenvalue weighted by molar-refractivity contribution is 0.966. The molecule has 0 saturated heterocycles. The zero-order valence-electron chi connectivity index (χ0n) is 15.4. The molecule has 0 amide bonds. The van der Waals surface area contributed by atoms with Crippen LogP contribution in [-0.4, -0.2) is 9.67 Å². The first-order valence-electron chi connectivity index (χ1n) is 9.08. The van der Waals surface area contributed by atoms with Crippen LogP contribution >= 0.6 is 35.3 Å². The Labute approximate surface area is 175 Å². The fourth-order valence-corrected chi connectivity index (χ4v) is 6.57. The van der Waals surface area contributed by atoms with E-state index in [9.17, 15) is 0 Å². The van der Waals surface area contributed by atoms with E-state index < -0.39 is 0 Å². The Balaban J connectivity index is 1.58. The van der Waals surface area contributed by atoms with Crippen LogP contribution in [0, 0.1) is 0 Å². The summed E-state index contributed by atoms with van der Waals surface area (Å²) < 4.78 is 0.423. The average Bonchev–Trinajstić information content (AvgIpc) is 2.73. The summed E-state index contributed by atoms with van der Waals surface area (Å²) in [5.41, 5.74) is 1.37. The summed E-state index contributed by atoms with van der Waals surface area (Å²) in [6, 6.07) is 32.0. The highest BCUT2D eigenvalue weighted by Gasteiger charge is 2.12. The molecule has 0 bridgehead atoms. The number of hydrogen-bond acceptors (Lipinski definition) is 3. The molecule has 1 atom stereocenters. The lowest BCUT2D eigenvalue weighted by atomic mass is 10.0. The van der Waals surface area contributed by atoms with Gasteiger partial charge in [0.1, 0.15) is 3.91 Å². The topological polar surface area (TPSA) is 0 Å². The molecule has 0 aliphatic heterocycles.